The van der Waals surface area contributed by atoms with Crippen LogP contribution in [0.2, 0.25) is 0 Å². The van der Waals surface area contributed by atoms with Crippen LogP contribution in [0.4, 0.5) is 13.2 Å². The van der Waals surface area contributed by atoms with E-state index >= 15 is 0 Å². The number of benzene rings is 2. The topological polar surface area (TPSA) is 44.8 Å². The minimum Gasteiger partial charge on any atom is -0.492 e. The van der Waals surface area contributed by atoms with Gasteiger partial charge in [-0.15, -0.1) is 0 Å². The van der Waals surface area contributed by atoms with Gasteiger partial charge in [0.15, 0.2) is 0 Å². The second-order valence-electron chi connectivity index (χ2n) is 9.59. The van der Waals surface area contributed by atoms with Crippen molar-refractivity contribution in [1.82, 2.24) is 15.1 Å². The molecule has 8 heteroatoms. The number of hydrogen-bond acceptors (Lipinski definition) is 4. The third-order valence-electron chi connectivity index (χ3n) is 7.30. The van der Waals surface area contributed by atoms with E-state index in [4.69, 9.17) is 4.74 Å². The summed E-state index contributed by atoms with van der Waals surface area (Å²) in [5.74, 6) is 0.675. The van der Waals surface area contributed by atoms with Gasteiger partial charge in [-0.05, 0) is 81.1 Å². The van der Waals surface area contributed by atoms with Crippen LogP contribution in [0.3, 0.4) is 0 Å². The maximum Gasteiger partial charge on any atom is 0.416 e. The van der Waals surface area contributed by atoms with E-state index < -0.39 is 11.7 Å². The number of nitrogens with one attached hydrogen (secondary N) is 1. The zero-order valence-corrected chi connectivity index (χ0v) is 21.9. The molecular formula is C28H38F3N3O2. The molecular weight excluding hydrogens is 467 g/mol. The summed E-state index contributed by atoms with van der Waals surface area (Å²) in [6.07, 6.45) is -3.32. The van der Waals surface area contributed by atoms with Crippen molar-refractivity contribution < 1.29 is 22.7 Å². The zero-order chi connectivity index (χ0) is 26.5. The summed E-state index contributed by atoms with van der Waals surface area (Å²) >= 11 is 0. The van der Waals surface area contributed by atoms with Gasteiger partial charge >= 0.3 is 6.18 Å². The Morgan fingerprint density at radius 2 is 1.64 bits per heavy atom. The van der Waals surface area contributed by atoms with Gasteiger partial charge in [0.1, 0.15) is 12.4 Å². The second-order valence-corrected chi connectivity index (χ2v) is 9.59. The molecule has 1 fully saturated rings. The van der Waals surface area contributed by atoms with Crippen molar-refractivity contribution in [1.29, 1.82) is 0 Å². The fourth-order valence-electron chi connectivity index (χ4n) is 4.53. The minimum absolute atomic E-state index is 0.174. The molecule has 0 spiro atoms. The SMILES string of the molecule is CCC(C)NCCOc1ccc(C(C)N2CCN(C(=O)c3ccc(C(F)(F)F)cc3)CC2)c(C)c1C. The number of rotatable bonds is 9. The summed E-state index contributed by atoms with van der Waals surface area (Å²) in [4.78, 5) is 16.9. The number of carbonyl (C=O) groups is 1. The van der Waals surface area contributed by atoms with E-state index in [9.17, 15) is 18.0 Å². The van der Waals surface area contributed by atoms with E-state index in [0.29, 0.717) is 38.8 Å². The fourth-order valence-corrected chi connectivity index (χ4v) is 4.53. The molecule has 198 valence electrons. The maximum atomic E-state index is 12.8. The van der Waals surface area contributed by atoms with Crippen molar-refractivity contribution in [3.63, 3.8) is 0 Å². The van der Waals surface area contributed by atoms with Crippen molar-refractivity contribution in [3.05, 3.63) is 64.2 Å². The lowest BCUT2D eigenvalue weighted by Gasteiger charge is -2.39. The molecule has 5 nitrogen and oxygen atoms in total. The molecule has 0 radical (unpaired) electrons. The lowest BCUT2D eigenvalue weighted by atomic mass is 9.96. The van der Waals surface area contributed by atoms with Crippen molar-refractivity contribution >= 4 is 5.91 Å². The quantitative estimate of drug-likeness (QED) is 0.450. The molecule has 1 aliphatic rings. The lowest BCUT2D eigenvalue weighted by molar-refractivity contribution is -0.137. The summed E-state index contributed by atoms with van der Waals surface area (Å²) in [5.41, 5.74) is 3.12. The predicted octanol–water partition coefficient (Wildman–Crippen LogP) is 5.61. The first kappa shape index (κ1) is 28.0. The van der Waals surface area contributed by atoms with Crippen molar-refractivity contribution in [2.45, 2.75) is 59.3 Å². The van der Waals surface area contributed by atoms with Gasteiger partial charge in [0, 0.05) is 50.4 Å². The number of amides is 1. The molecule has 1 N–H and O–H groups in total. The molecule has 0 aromatic heterocycles. The van der Waals surface area contributed by atoms with Crippen LogP contribution in [-0.4, -0.2) is 61.1 Å². The van der Waals surface area contributed by atoms with Crippen molar-refractivity contribution in [2.75, 3.05) is 39.3 Å². The van der Waals surface area contributed by atoms with Crippen LogP contribution < -0.4 is 10.1 Å². The van der Waals surface area contributed by atoms with Crippen LogP contribution in [0, 0.1) is 13.8 Å². The molecule has 3 rings (SSSR count). The number of ether oxygens (including phenoxy) is 1. The molecule has 1 amide bonds. The highest BCUT2D eigenvalue weighted by atomic mass is 19.4. The number of halogens is 3. The number of alkyl halides is 3. The van der Waals surface area contributed by atoms with E-state index in [1.807, 2.05) is 6.07 Å². The Bertz CT molecular complexity index is 1020. The van der Waals surface area contributed by atoms with Crippen molar-refractivity contribution in [3.8, 4) is 5.75 Å². The average Bonchev–Trinajstić information content (AvgIpc) is 2.87. The van der Waals surface area contributed by atoms with Crippen LogP contribution in [-0.2, 0) is 6.18 Å². The first-order chi connectivity index (χ1) is 17.0. The Kier molecular flexibility index (Phi) is 9.41. The fraction of sp³-hybridized carbons (Fsp3) is 0.536. The molecule has 36 heavy (non-hydrogen) atoms. The van der Waals surface area contributed by atoms with Gasteiger partial charge < -0.3 is 15.0 Å². The maximum absolute atomic E-state index is 12.8. The molecule has 1 heterocycles. The van der Waals surface area contributed by atoms with E-state index in [0.717, 1.165) is 36.4 Å². The number of nitrogens with zero attached hydrogens (tertiary/aromatic N) is 2. The molecule has 1 saturated heterocycles. The second kappa shape index (κ2) is 12.1. The molecule has 2 atom stereocenters. The summed E-state index contributed by atoms with van der Waals surface area (Å²) in [7, 11) is 0. The molecule has 0 saturated carbocycles. The smallest absolute Gasteiger partial charge is 0.416 e. The van der Waals surface area contributed by atoms with Crippen LogP contribution in [0.25, 0.3) is 0 Å². The highest BCUT2D eigenvalue weighted by Crippen LogP contribution is 2.32. The predicted molar refractivity (Wildman–Crippen MR) is 137 cm³/mol. The number of carbonyl (C=O) groups excluding carboxylic acids is 1. The Hall–Kier alpha value is -2.58. The normalized spacial score (nSPS) is 16.6. The molecule has 0 bridgehead atoms. The Balaban J connectivity index is 1.56. The average molecular weight is 506 g/mol. The van der Waals surface area contributed by atoms with Gasteiger partial charge in [0.05, 0.1) is 5.56 Å². The van der Waals surface area contributed by atoms with Crippen LogP contribution >= 0.6 is 0 Å². The summed E-state index contributed by atoms with van der Waals surface area (Å²) < 4.78 is 44.4. The van der Waals surface area contributed by atoms with Gasteiger partial charge in [-0.25, -0.2) is 0 Å². The Labute approximate surface area is 212 Å². The van der Waals surface area contributed by atoms with E-state index in [2.05, 4.69) is 50.9 Å². The van der Waals surface area contributed by atoms with Crippen LogP contribution in [0.15, 0.2) is 36.4 Å². The summed E-state index contributed by atoms with van der Waals surface area (Å²) in [5, 5.41) is 3.43. The van der Waals surface area contributed by atoms with E-state index in [1.54, 1.807) is 4.90 Å². The molecule has 2 unspecified atom stereocenters. The highest BCUT2D eigenvalue weighted by molar-refractivity contribution is 5.94. The molecule has 2 aromatic rings. The van der Waals surface area contributed by atoms with Gasteiger partial charge in [-0.2, -0.15) is 13.2 Å². The third-order valence-corrected chi connectivity index (χ3v) is 7.30. The first-order valence-electron chi connectivity index (χ1n) is 12.7. The monoisotopic (exact) mass is 505 g/mol. The van der Waals surface area contributed by atoms with Crippen LogP contribution in [0.5, 0.6) is 5.75 Å². The van der Waals surface area contributed by atoms with Gasteiger partial charge in [0.2, 0.25) is 0 Å². The first-order valence-corrected chi connectivity index (χ1v) is 12.7. The Morgan fingerprint density at radius 3 is 2.22 bits per heavy atom. The Morgan fingerprint density at radius 1 is 1.00 bits per heavy atom. The van der Waals surface area contributed by atoms with Gasteiger partial charge in [-0.1, -0.05) is 13.0 Å². The number of piperazine rings is 1. The summed E-state index contributed by atoms with van der Waals surface area (Å²) in [6, 6.07) is 9.27. The summed E-state index contributed by atoms with van der Waals surface area (Å²) in [6.45, 7) is 14.6. The largest absolute Gasteiger partial charge is 0.492 e. The standard InChI is InChI=1S/C28H38F3N3O2/c1-6-19(2)32-13-18-36-26-12-11-25(20(3)21(26)4)22(5)33-14-16-34(17-15-33)27(35)23-7-9-24(10-8-23)28(29,30)31/h7-12,19,22,32H,6,13-18H2,1-5H3. The minimum atomic E-state index is -4.41. The molecule has 1 aliphatic heterocycles. The third kappa shape index (κ3) is 6.79. The van der Waals surface area contributed by atoms with Crippen molar-refractivity contribution in [2.24, 2.45) is 0 Å². The van der Waals surface area contributed by atoms with Gasteiger partial charge in [0.25, 0.3) is 5.91 Å². The molecule has 2 aromatic carbocycles. The van der Waals surface area contributed by atoms with Gasteiger partial charge in [-0.3, -0.25) is 9.69 Å². The number of hydrogen-bond donors (Lipinski definition) is 1. The highest BCUT2D eigenvalue weighted by Gasteiger charge is 2.31. The van der Waals surface area contributed by atoms with E-state index in [1.165, 1.54) is 23.3 Å². The van der Waals surface area contributed by atoms with E-state index in [-0.39, 0.29) is 17.5 Å². The zero-order valence-electron chi connectivity index (χ0n) is 21.9. The lowest BCUT2D eigenvalue weighted by Crippen LogP contribution is -2.49. The molecule has 0 aliphatic carbocycles. The van der Waals surface area contributed by atoms with Crippen LogP contribution in [0.1, 0.15) is 65.8 Å².